The molecule has 0 aliphatic carbocycles. The summed E-state index contributed by atoms with van der Waals surface area (Å²) in [7, 11) is 0. The van der Waals surface area contributed by atoms with E-state index in [1.807, 2.05) is 0 Å². The van der Waals surface area contributed by atoms with Gasteiger partial charge in [-0.3, -0.25) is 0 Å². The molecular weight excluding hydrogens is 324 g/mol. The van der Waals surface area contributed by atoms with Crippen LogP contribution in [0.2, 0.25) is 0 Å². The number of hydrogen-bond donors (Lipinski definition) is 1. The second-order valence-electron chi connectivity index (χ2n) is 7.28. The van der Waals surface area contributed by atoms with Crippen LogP contribution in [0.3, 0.4) is 0 Å². The van der Waals surface area contributed by atoms with Gasteiger partial charge in [0.1, 0.15) is 0 Å². The van der Waals surface area contributed by atoms with Crippen molar-refractivity contribution >= 4 is 21.6 Å². The van der Waals surface area contributed by atoms with Crippen molar-refractivity contribution in [3.05, 3.63) is 28.2 Å². The molecule has 1 fully saturated rings. The smallest absolute Gasteiger partial charge is 0.0415 e. The molecule has 1 saturated heterocycles. The van der Waals surface area contributed by atoms with Crippen molar-refractivity contribution in [1.29, 1.82) is 0 Å². The summed E-state index contributed by atoms with van der Waals surface area (Å²) >= 11 is 3.62. The minimum atomic E-state index is 0.385. The molecule has 2 rings (SSSR count). The fourth-order valence-corrected chi connectivity index (χ4v) is 3.64. The van der Waals surface area contributed by atoms with Gasteiger partial charge >= 0.3 is 0 Å². The van der Waals surface area contributed by atoms with Gasteiger partial charge in [0.25, 0.3) is 0 Å². The number of rotatable bonds is 4. The maximum absolute atomic E-state index is 3.62. The SMILES string of the molecule is CCNC(C)c1cc(Br)ccc1N1CCC(C(C)(C)C)C1. The summed E-state index contributed by atoms with van der Waals surface area (Å²) in [4.78, 5) is 2.57. The van der Waals surface area contributed by atoms with Gasteiger partial charge in [-0.15, -0.1) is 0 Å². The van der Waals surface area contributed by atoms with Crippen LogP contribution in [0.25, 0.3) is 0 Å². The summed E-state index contributed by atoms with van der Waals surface area (Å²) in [6, 6.07) is 7.10. The average Bonchev–Trinajstić information content (AvgIpc) is 2.88. The van der Waals surface area contributed by atoms with E-state index in [1.165, 1.54) is 30.8 Å². The van der Waals surface area contributed by atoms with Crippen LogP contribution >= 0.6 is 15.9 Å². The van der Waals surface area contributed by atoms with Crippen LogP contribution in [0.15, 0.2) is 22.7 Å². The average molecular weight is 353 g/mol. The lowest BCUT2D eigenvalue weighted by Crippen LogP contribution is -2.28. The second kappa shape index (κ2) is 6.70. The number of anilines is 1. The number of nitrogens with zero attached hydrogens (tertiary/aromatic N) is 1. The zero-order valence-corrected chi connectivity index (χ0v) is 15.6. The zero-order valence-electron chi connectivity index (χ0n) is 14.0. The van der Waals surface area contributed by atoms with Crippen LogP contribution in [-0.2, 0) is 0 Å². The minimum absolute atomic E-state index is 0.385. The van der Waals surface area contributed by atoms with Crippen molar-refractivity contribution < 1.29 is 0 Å². The molecule has 0 saturated carbocycles. The first-order valence-electron chi connectivity index (χ1n) is 8.10. The molecule has 21 heavy (non-hydrogen) atoms. The van der Waals surface area contributed by atoms with Gasteiger partial charge in [0, 0.05) is 29.3 Å². The largest absolute Gasteiger partial charge is 0.371 e. The highest BCUT2D eigenvalue weighted by atomic mass is 79.9. The lowest BCUT2D eigenvalue weighted by atomic mass is 9.80. The Morgan fingerprint density at radius 1 is 1.38 bits per heavy atom. The topological polar surface area (TPSA) is 15.3 Å². The third-order valence-electron chi connectivity index (χ3n) is 4.72. The van der Waals surface area contributed by atoms with Crippen LogP contribution in [0.1, 0.15) is 52.6 Å². The highest BCUT2D eigenvalue weighted by Crippen LogP contribution is 2.38. The third kappa shape index (κ3) is 4.01. The van der Waals surface area contributed by atoms with Crippen LogP contribution < -0.4 is 10.2 Å². The predicted molar refractivity (Wildman–Crippen MR) is 96.0 cm³/mol. The van der Waals surface area contributed by atoms with E-state index in [4.69, 9.17) is 0 Å². The first-order chi connectivity index (χ1) is 9.82. The molecule has 0 bridgehead atoms. The molecule has 3 heteroatoms. The molecule has 2 nitrogen and oxygen atoms in total. The molecule has 2 atom stereocenters. The Kier molecular flexibility index (Phi) is 5.37. The van der Waals surface area contributed by atoms with Crippen LogP contribution in [0.4, 0.5) is 5.69 Å². The first kappa shape index (κ1) is 16.8. The Balaban J connectivity index is 2.24. The number of nitrogens with one attached hydrogen (secondary N) is 1. The zero-order chi connectivity index (χ0) is 15.6. The van der Waals surface area contributed by atoms with Gasteiger partial charge in [-0.05, 0) is 55.0 Å². The van der Waals surface area contributed by atoms with E-state index < -0.39 is 0 Å². The number of halogens is 1. The minimum Gasteiger partial charge on any atom is -0.371 e. The highest BCUT2D eigenvalue weighted by Gasteiger charge is 2.32. The standard InChI is InChI=1S/C18H29BrN2/c1-6-20-13(2)16-11-15(19)7-8-17(16)21-10-9-14(12-21)18(3,4)5/h7-8,11,13-14,20H,6,9-10,12H2,1-5H3. The van der Waals surface area contributed by atoms with Gasteiger partial charge in [0.15, 0.2) is 0 Å². The molecule has 0 amide bonds. The molecule has 1 N–H and O–H groups in total. The van der Waals surface area contributed by atoms with E-state index in [9.17, 15) is 0 Å². The maximum atomic E-state index is 3.62. The highest BCUT2D eigenvalue weighted by molar-refractivity contribution is 9.10. The van der Waals surface area contributed by atoms with Crippen molar-refractivity contribution in [1.82, 2.24) is 5.32 Å². The second-order valence-corrected chi connectivity index (χ2v) is 8.20. The molecule has 0 aromatic heterocycles. The van der Waals surface area contributed by atoms with E-state index in [-0.39, 0.29) is 0 Å². The fourth-order valence-electron chi connectivity index (χ4n) is 3.26. The van der Waals surface area contributed by atoms with E-state index in [1.54, 1.807) is 0 Å². The molecule has 1 aliphatic heterocycles. The molecule has 118 valence electrons. The van der Waals surface area contributed by atoms with E-state index >= 15 is 0 Å². The number of benzene rings is 1. The molecule has 1 aromatic rings. The van der Waals surface area contributed by atoms with Crippen LogP contribution in [0.5, 0.6) is 0 Å². The molecule has 1 heterocycles. The Bertz CT molecular complexity index is 479. The molecule has 1 aliphatic rings. The van der Waals surface area contributed by atoms with E-state index in [2.05, 4.69) is 79.0 Å². The van der Waals surface area contributed by atoms with Gasteiger partial charge in [-0.2, -0.15) is 0 Å². The van der Waals surface area contributed by atoms with Crippen LogP contribution in [0, 0.1) is 11.3 Å². The predicted octanol–water partition coefficient (Wildman–Crippen LogP) is 4.99. The molecule has 0 spiro atoms. The van der Waals surface area contributed by atoms with Crippen molar-refractivity contribution in [2.75, 3.05) is 24.5 Å². The van der Waals surface area contributed by atoms with Crippen molar-refractivity contribution in [3.63, 3.8) is 0 Å². The van der Waals surface area contributed by atoms with Gasteiger partial charge in [-0.25, -0.2) is 0 Å². The molecule has 2 unspecified atom stereocenters. The monoisotopic (exact) mass is 352 g/mol. The maximum Gasteiger partial charge on any atom is 0.0415 e. The number of hydrogen-bond acceptors (Lipinski definition) is 2. The van der Waals surface area contributed by atoms with E-state index in [0.29, 0.717) is 11.5 Å². The molecule has 0 radical (unpaired) electrons. The van der Waals surface area contributed by atoms with Crippen LogP contribution in [-0.4, -0.2) is 19.6 Å². The van der Waals surface area contributed by atoms with E-state index in [0.717, 1.165) is 16.9 Å². The molecule has 1 aromatic carbocycles. The Labute approximate surface area is 138 Å². The fraction of sp³-hybridized carbons (Fsp3) is 0.667. The Hall–Kier alpha value is -0.540. The third-order valence-corrected chi connectivity index (χ3v) is 5.21. The summed E-state index contributed by atoms with van der Waals surface area (Å²) < 4.78 is 1.16. The summed E-state index contributed by atoms with van der Waals surface area (Å²) in [5.74, 6) is 0.781. The quantitative estimate of drug-likeness (QED) is 0.820. The van der Waals surface area contributed by atoms with Gasteiger partial charge in [0.2, 0.25) is 0 Å². The summed E-state index contributed by atoms with van der Waals surface area (Å²) in [5, 5.41) is 3.55. The lowest BCUT2D eigenvalue weighted by Gasteiger charge is -2.29. The lowest BCUT2D eigenvalue weighted by molar-refractivity contribution is 0.263. The first-order valence-corrected chi connectivity index (χ1v) is 8.90. The van der Waals surface area contributed by atoms with Crippen molar-refractivity contribution in [3.8, 4) is 0 Å². The van der Waals surface area contributed by atoms with Gasteiger partial charge < -0.3 is 10.2 Å². The summed E-state index contributed by atoms with van der Waals surface area (Å²) in [6.45, 7) is 14.9. The van der Waals surface area contributed by atoms with Gasteiger partial charge in [0.05, 0.1) is 0 Å². The van der Waals surface area contributed by atoms with Gasteiger partial charge in [-0.1, -0.05) is 43.6 Å². The summed E-state index contributed by atoms with van der Waals surface area (Å²) in [6.07, 6.45) is 1.30. The molecular formula is C18H29BrN2. The Morgan fingerprint density at radius 2 is 2.10 bits per heavy atom. The Morgan fingerprint density at radius 3 is 2.67 bits per heavy atom. The van der Waals surface area contributed by atoms with Crippen molar-refractivity contribution in [2.24, 2.45) is 11.3 Å². The van der Waals surface area contributed by atoms with Crippen molar-refractivity contribution in [2.45, 2.75) is 47.1 Å². The summed E-state index contributed by atoms with van der Waals surface area (Å²) in [5.41, 5.74) is 3.21. The normalized spacial score (nSPS) is 20.9.